The van der Waals surface area contributed by atoms with E-state index in [1.807, 2.05) is 43.3 Å². The Labute approximate surface area is 95.3 Å². The van der Waals surface area contributed by atoms with Crippen LogP contribution in [0.1, 0.15) is 18.5 Å². The van der Waals surface area contributed by atoms with E-state index in [9.17, 15) is 4.79 Å². The van der Waals surface area contributed by atoms with Gasteiger partial charge in [0.25, 0.3) is 0 Å². The molecule has 4 heteroatoms. The molecule has 0 bridgehead atoms. The number of nitrogens with one attached hydrogen (secondary N) is 2. The highest BCUT2D eigenvalue weighted by molar-refractivity contribution is 5.78. The number of rotatable bonds is 5. The second-order valence-corrected chi connectivity index (χ2v) is 3.45. The first-order valence-corrected chi connectivity index (χ1v) is 5.16. The molecule has 0 aliphatic rings. The zero-order valence-corrected chi connectivity index (χ0v) is 9.23. The van der Waals surface area contributed by atoms with Crippen molar-refractivity contribution in [3.8, 4) is 6.07 Å². The average Bonchev–Trinajstić information content (AvgIpc) is 2.34. The second-order valence-electron chi connectivity index (χ2n) is 3.45. The van der Waals surface area contributed by atoms with Gasteiger partial charge in [-0.05, 0) is 12.5 Å². The molecular weight excluding hydrogens is 202 g/mol. The van der Waals surface area contributed by atoms with Crippen LogP contribution in [0, 0.1) is 11.3 Å². The lowest BCUT2D eigenvalue weighted by molar-refractivity contribution is -0.120. The molecule has 84 valence electrons. The van der Waals surface area contributed by atoms with Crippen molar-refractivity contribution in [3.63, 3.8) is 0 Å². The summed E-state index contributed by atoms with van der Waals surface area (Å²) in [7, 11) is 0. The third-order valence-corrected chi connectivity index (χ3v) is 2.23. The number of carbonyl (C=O) groups is 1. The van der Waals surface area contributed by atoms with Gasteiger partial charge < -0.3 is 10.6 Å². The fourth-order valence-electron chi connectivity index (χ4n) is 1.31. The molecule has 1 aromatic rings. The minimum absolute atomic E-state index is 0.0558. The second kappa shape index (κ2) is 6.59. The molecule has 0 spiro atoms. The van der Waals surface area contributed by atoms with Crippen molar-refractivity contribution in [2.24, 2.45) is 0 Å². The third kappa shape index (κ3) is 4.11. The highest BCUT2D eigenvalue weighted by atomic mass is 16.1. The zero-order valence-electron chi connectivity index (χ0n) is 9.23. The molecule has 4 nitrogen and oxygen atoms in total. The summed E-state index contributed by atoms with van der Waals surface area (Å²) in [6.07, 6.45) is 0. The average molecular weight is 217 g/mol. The topological polar surface area (TPSA) is 64.9 Å². The highest BCUT2D eigenvalue weighted by Gasteiger charge is 2.06. The molecule has 0 aliphatic heterocycles. The number of hydrogen-bond acceptors (Lipinski definition) is 3. The Balaban J connectivity index is 2.33. The van der Waals surface area contributed by atoms with E-state index in [2.05, 4.69) is 10.6 Å². The van der Waals surface area contributed by atoms with E-state index < -0.39 is 0 Å². The van der Waals surface area contributed by atoms with E-state index in [-0.39, 0.29) is 25.0 Å². The number of hydrogen-bond donors (Lipinski definition) is 2. The summed E-state index contributed by atoms with van der Waals surface area (Å²) in [6, 6.07) is 11.9. The number of benzene rings is 1. The van der Waals surface area contributed by atoms with Gasteiger partial charge in [0.05, 0.1) is 12.6 Å². The van der Waals surface area contributed by atoms with Crippen LogP contribution in [0.25, 0.3) is 0 Å². The molecule has 0 aromatic heterocycles. The van der Waals surface area contributed by atoms with Gasteiger partial charge in [-0.1, -0.05) is 30.3 Å². The van der Waals surface area contributed by atoms with Gasteiger partial charge in [-0.2, -0.15) is 5.26 Å². The molecule has 1 amide bonds. The van der Waals surface area contributed by atoms with Crippen LogP contribution in [0.5, 0.6) is 0 Å². The SMILES string of the molecule is C[C@@H](NCC(=O)NCC#N)c1ccccc1. The smallest absolute Gasteiger partial charge is 0.234 e. The fourth-order valence-corrected chi connectivity index (χ4v) is 1.31. The molecule has 0 aliphatic carbocycles. The maximum atomic E-state index is 11.2. The van der Waals surface area contributed by atoms with E-state index >= 15 is 0 Å². The van der Waals surface area contributed by atoms with Crippen LogP contribution in [0.4, 0.5) is 0 Å². The Kier molecular flexibility index (Phi) is 5.03. The van der Waals surface area contributed by atoms with E-state index in [0.29, 0.717) is 0 Å². The highest BCUT2D eigenvalue weighted by Crippen LogP contribution is 2.10. The first kappa shape index (κ1) is 12.2. The van der Waals surface area contributed by atoms with Crippen molar-refractivity contribution < 1.29 is 4.79 Å². The van der Waals surface area contributed by atoms with Crippen molar-refractivity contribution in [2.75, 3.05) is 13.1 Å². The number of carbonyl (C=O) groups excluding carboxylic acids is 1. The first-order valence-electron chi connectivity index (χ1n) is 5.16. The third-order valence-electron chi connectivity index (χ3n) is 2.23. The van der Waals surface area contributed by atoms with Crippen molar-refractivity contribution >= 4 is 5.91 Å². The lowest BCUT2D eigenvalue weighted by Gasteiger charge is -2.13. The Morgan fingerprint density at radius 3 is 2.75 bits per heavy atom. The summed E-state index contributed by atoms with van der Waals surface area (Å²) < 4.78 is 0. The molecule has 1 rings (SSSR count). The molecule has 0 unspecified atom stereocenters. The minimum Gasteiger partial charge on any atom is -0.342 e. The molecule has 0 heterocycles. The van der Waals surface area contributed by atoms with E-state index in [4.69, 9.17) is 5.26 Å². The van der Waals surface area contributed by atoms with Gasteiger partial charge in [-0.25, -0.2) is 0 Å². The van der Waals surface area contributed by atoms with Gasteiger partial charge in [-0.3, -0.25) is 4.79 Å². The molecule has 0 radical (unpaired) electrons. The summed E-state index contributed by atoms with van der Waals surface area (Å²) in [6.45, 7) is 2.27. The quantitative estimate of drug-likeness (QED) is 0.722. The standard InChI is InChI=1S/C12H15N3O/c1-10(11-5-3-2-4-6-11)15-9-12(16)14-8-7-13/h2-6,10,15H,8-9H2,1H3,(H,14,16)/t10-/m1/s1. The van der Waals surface area contributed by atoms with E-state index in [1.54, 1.807) is 0 Å². The molecule has 0 fully saturated rings. The van der Waals surface area contributed by atoms with Crippen LogP contribution in [-0.2, 0) is 4.79 Å². The Hall–Kier alpha value is -1.86. The van der Waals surface area contributed by atoms with Crippen LogP contribution < -0.4 is 10.6 Å². The summed E-state index contributed by atoms with van der Waals surface area (Å²) in [5.74, 6) is -0.163. The fraction of sp³-hybridized carbons (Fsp3) is 0.333. The van der Waals surface area contributed by atoms with E-state index in [1.165, 1.54) is 0 Å². The van der Waals surface area contributed by atoms with Crippen LogP contribution in [0.15, 0.2) is 30.3 Å². The largest absolute Gasteiger partial charge is 0.342 e. The molecule has 1 aromatic carbocycles. The molecule has 16 heavy (non-hydrogen) atoms. The lowest BCUT2D eigenvalue weighted by Crippen LogP contribution is -2.35. The number of nitriles is 1. The van der Waals surface area contributed by atoms with Crippen molar-refractivity contribution in [2.45, 2.75) is 13.0 Å². The van der Waals surface area contributed by atoms with Crippen LogP contribution in [-0.4, -0.2) is 19.0 Å². The van der Waals surface area contributed by atoms with E-state index in [0.717, 1.165) is 5.56 Å². The Bertz CT molecular complexity index is 370. The van der Waals surface area contributed by atoms with Crippen molar-refractivity contribution in [1.29, 1.82) is 5.26 Å². The Morgan fingerprint density at radius 2 is 2.12 bits per heavy atom. The first-order chi connectivity index (χ1) is 7.74. The van der Waals surface area contributed by atoms with Gasteiger partial charge in [0, 0.05) is 6.04 Å². The summed E-state index contributed by atoms with van der Waals surface area (Å²) in [5, 5.41) is 13.8. The van der Waals surface area contributed by atoms with Crippen LogP contribution >= 0.6 is 0 Å². The van der Waals surface area contributed by atoms with Crippen molar-refractivity contribution in [3.05, 3.63) is 35.9 Å². The zero-order chi connectivity index (χ0) is 11.8. The van der Waals surface area contributed by atoms with Gasteiger partial charge in [0.15, 0.2) is 0 Å². The summed E-state index contributed by atoms with van der Waals surface area (Å²) >= 11 is 0. The maximum absolute atomic E-state index is 11.2. The summed E-state index contributed by atoms with van der Waals surface area (Å²) in [5.41, 5.74) is 1.13. The maximum Gasteiger partial charge on any atom is 0.234 e. The predicted molar refractivity (Wildman–Crippen MR) is 61.5 cm³/mol. The van der Waals surface area contributed by atoms with Gasteiger partial charge in [0.1, 0.15) is 6.54 Å². The Morgan fingerprint density at radius 1 is 1.44 bits per heavy atom. The summed E-state index contributed by atoms with van der Waals surface area (Å²) in [4.78, 5) is 11.2. The molecule has 0 saturated carbocycles. The molecule has 2 N–H and O–H groups in total. The molecular formula is C12H15N3O. The molecule has 1 atom stereocenters. The lowest BCUT2D eigenvalue weighted by atomic mass is 10.1. The van der Waals surface area contributed by atoms with Gasteiger partial charge in [0.2, 0.25) is 5.91 Å². The van der Waals surface area contributed by atoms with Crippen molar-refractivity contribution in [1.82, 2.24) is 10.6 Å². The number of amides is 1. The minimum atomic E-state index is -0.163. The predicted octanol–water partition coefficient (Wildman–Crippen LogP) is 0.977. The monoisotopic (exact) mass is 217 g/mol. The van der Waals surface area contributed by atoms with Crippen LogP contribution in [0.3, 0.4) is 0 Å². The van der Waals surface area contributed by atoms with Gasteiger partial charge >= 0.3 is 0 Å². The molecule has 0 saturated heterocycles. The number of nitrogens with zero attached hydrogens (tertiary/aromatic N) is 1. The van der Waals surface area contributed by atoms with Crippen LogP contribution in [0.2, 0.25) is 0 Å². The van der Waals surface area contributed by atoms with Gasteiger partial charge in [-0.15, -0.1) is 0 Å². The normalized spacial score (nSPS) is 11.5.